The number of amides is 1. The molecule has 21 heavy (non-hydrogen) atoms. The van der Waals surface area contributed by atoms with Gasteiger partial charge in [-0.1, -0.05) is 12.2 Å². The Kier molecular flexibility index (Phi) is 4.64. The average Bonchev–Trinajstić information content (AvgIpc) is 2.45. The lowest BCUT2D eigenvalue weighted by molar-refractivity contribution is -0.123. The van der Waals surface area contributed by atoms with Crippen molar-refractivity contribution < 1.29 is 17.9 Å². The molecule has 1 aliphatic rings. The maximum Gasteiger partial charge on any atom is 0.234 e. The van der Waals surface area contributed by atoms with Gasteiger partial charge in [0, 0.05) is 18.7 Å². The summed E-state index contributed by atoms with van der Waals surface area (Å²) in [6, 6.07) is 4.87. The quantitative estimate of drug-likeness (QED) is 0.863. The Morgan fingerprint density at radius 2 is 2.10 bits per heavy atom. The van der Waals surface area contributed by atoms with Crippen LogP contribution in [-0.2, 0) is 14.6 Å². The van der Waals surface area contributed by atoms with Crippen LogP contribution in [0.3, 0.4) is 0 Å². The zero-order chi connectivity index (χ0) is 15.5. The Labute approximate surface area is 124 Å². The van der Waals surface area contributed by atoms with Crippen molar-refractivity contribution in [3.63, 3.8) is 0 Å². The third-order valence-electron chi connectivity index (χ3n) is 3.17. The lowest BCUT2D eigenvalue weighted by atomic mass is 10.1. The monoisotopic (exact) mass is 310 g/mol. The van der Waals surface area contributed by atoms with Crippen LogP contribution < -0.4 is 15.6 Å². The van der Waals surface area contributed by atoms with Crippen LogP contribution in [0.25, 0.3) is 6.08 Å². The highest BCUT2D eigenvalue weighted by Crippen LogP contribution is 2.22. The lowest BCUT2D eigenvalue weighted by Gasteiger charge is -2.20. The van der Waals surface area contributed by atoms with Crippen LogP contribution in [0.4, 0.5) is 0 Å². The molecule has 1 aromatic carbocycles. The molecule has 114 valence electrons. The molecule has 0 spiro atoms. The normalized spacial score (nSPS) is 19.5. The lowest BCUT2D eigenvalue weighted by Crippen LogP contribution is -2.48. The molecule has 7 heteroatoms. The predicted octanol–water partition coefficient (Wildman–Crippen LogP) is 0.895. The molecule has 1 atom stereocenters. The number of benzene rings is 1. The molecule has 2 rings (SSSR count). The Hall–Kier alpha value is -1.86. The van der Waals surface area contributed by atoms with Gasteiger partial charge in [0.25, 0.3) is 0 Å². The number of sulfone groups is 1. The van der Waals surface area contributed by atoms with Crippen LogP contribution >= 0.6 is 0 Å². The van der Waals surface area contributed by atoms with E-state index in [-0.39, 0.29) is 16.8 Å². The summed E-state index contributed by atoms with van der Waals surface area (Å²) in [5, 5.41) is 0. The van der Waals surface area contributed by atoms with E-state index in [0.29, 0.717) is 18.6 Å². The Morgan fingerprint density at radius 1 is 1.33 bits per heavy atom. The van der Waals surface area contributed by atoms with E-state index < -0.39 is 9.84 Å². The van der Waals surface area contributed by atoms with Crippen molar-refractivity contribution >= 4 is 21.8 Å². The largest absolute Gasteiger partial charge is 0.497 e. The molecule has 0 saturated carbocycles. The smallest absolute Gasteiger partial charge is 0.234 e. The van der Waals surface area contributed by atoms with Crippen LogP contribution in [-0.4, -0.2) is 33.7 Å². The summed E-state index contributed by atoms with van der Waals surface area (Å²) < 4.78 is 28.4. The van der Waals surface area contributed by atoms with Gasteiger partial charge in [-0.15, -0.1) is 0 Å². The summed E-state index contributed by atoms with van der Waals surface area (Å²) in [6.07, 6.45) is 6.03. The molecular formula is C14H18N2O4S. The molecule has 0 aliphatic carbocycles. The summed E-state index contributed by atoms with van der Waals surface area (Å²) in [5.74, 6) is 0.461. The minimum absolute atomic E-state index is 0.0237. The van der Waals surface area contributed by atoms with Gasteiger partial charge < -0.3 is 4.74 Å². The second kappa shape index (κ2) is 6.28. The zero-order valence-corrected chi connectivity index (χ0v) is 12.7. The van der Waals surface area contributed by atoms with E-state index in [1.54, 1.807) is 12.1 Å². The van der Waals surface area contributed by atoms with Crippen LogP contribution in [0.5, 0.6) is 5.75 Å². The number of hydrogen-bond donors (Lipinski definition) is 2. The van der Waals surface area contributed by atoms with Crippen molar-refractivity contribution in [2.75, 3.05) is 13.4 Å². The highest BCUT2D eigenvalue weighted by atomic mass is 32.2. The van der Waals surface area contributed by atoms with Gasteiger partial charge in [0.1, 0.15) is 5.75 Å². The molecule has 1 aromatic rings. The van der Waals surface area contributed by atoms with Gasteiger partial charge in [-0.05, 0) is 30.2 Å². The molecule has 2 N–H and O–H groups in total. The molecule has 6 nitrogen and oxygen atoms in total. The fourth-order valence-corrected chi connectivity index (χ4v) is 2.67. The second-order valence-electron chi connectivity index (χ2n) is 4.91. The van der Waals surface area contributed by atoms with Crippen molar-refractivity contribution in [2.45, 2.75) is 23.8 Å². The van der Waals surface area contributed by atoms with Gasteiger partial charge in [-0.3, -0.25) is 10.2 Å². The Bertz CT molecular complexity index is 658. The predicted molar refractivity (Wildman–Crippen MR) is 79.4 cm³/mol. The van der Waals surface area contributed by atoms with Gasteiger partial charge in [-0.2, -0.15) is 0 Å². The fraction of sp³-hybridized carbons (Fsp3) is 0.357. The van der Waals surface area contributed by atoms with Crippen LogP contribution in [0.15, 0.2) is 29.2 Å². The second-order valence-corrected chi connectivity index (χ2v) is 6.93. The highest BCUT2D eigenvalue weighted by molar-refractivity contribution is 7.90. The highest BCUT2D eigenvalue weighted by Gasteiger charge is 2.15. The molecule has 0 bridgehead atoms. The number of methoxy groups -OCH3 is 1. The maximum absolute atomic E-state index is 11.7. The standard InChI is InChI=1S/C14H18N2O4S/c1-20-12-7-10(8-13(9-12)21(2,18)19)3-4-11-5-6-14(17)16-15-11/h3-4,7-9,11,15H,5-6H2,1-2H3,(H,16,17)/b4-3+. The van der Waals surface area contributed by atoms with E-state index in [1.807, 2.05) is 12.2 Å². The van der Waals surface area contributed by atoms with Gasteiger partial charge in [0.15, 0.2) is 9.84 Å². The summed E-state index contributed by atoms with van der Waals surface area (Å²) in [5.41, 5.74) is 6.17. The van der Waals surface area contributed by atoms with E-state index >= 15 is 0 Å². The van der Waals surface area contributed by atoms with E-state index in [4.69, 9.17) is 4.74 Å². The molecule has 1 saturated heterocycles. The van der Waals surface area contributed by atoms with Gasteiger partial charge >= 0.3 is 0 Å². The Balaban J connectivity index is 2.21. The minimum atomic E-state index is -3.29. The number of nitrogens with one attached hydrogen (secondary N) is 2. The molecule has 1 fully saturated rings. The topological polar surface area (TPSA) is 84.5 Å². The Morgan fingerprint density at radius 3 is 2.67 bits per heavy atom. The molecule has 1 aliphatic heterocycles. The summed E-state index contributed by atoms with van der Waals surface area (Å²) >= 11 is 0. The number of ether oxygens (including phenoxy) is 1. The molecule has 1 unspecified atom stereocenters. The molecule has 0 radical (unpaired) electrons. The van der Waals surface area contributed by atoms with Crippen LogP contribution in [0.2, 0.25) is 0 Å². The van der Waals surface area contributed by atoms with Gasteiger partial charge in [0.05, 0.1) is 12.0 Å². The van der Waals surface area contributed by atoms with Crippen molar-refractivity contribution in [1.82, 2.24) is 10.9 Å². The average molecular weight is 310 g/mol. The van der Waals surface area contributed by atoms with Crippen LogP contribution in [0.1, 0.15) is 18.4 Å². The fourth-order valence-electron chi connectivity index (χ4n) is 1.99. The van der Waals surface area contributed by atoms with E-state index in [1.165, 1.54) is 13.2 Å². The summed E-state index contributed by atoms with van der Waals surface area (Å²) in [7, 11) is -1.80. The number of hydrogen-bond acceptors (Lipinski definition) is 5. The number of rotatable bonds is 4. The molecular weight excluding hydrogens is 292 g/mol. The van der Waals surface area contributed by atoms with E-state index in [9.17, 15) is 13.2 Å². The van der Waals surface area contributed by atoms with E-state index in [0.717, 1.165) is 11.8 Å². The van der Waals surface area contributed by atoms with Crippen molar-refractivity contribution in [1.29, 1.82) is 0 Å². The summed E-state index contributed by atoms with van der Waals surface area (Å²) in [4.78, 5) is 11.3. The summed E-state index contributed by atoms with van der Waals surface area (Å²) in [6.45, 7) is 0. The number of carbonyl (C=O) groups is 1. The number of hydrazine groups is 1. The van der Waals surface area contributed by atoms with Crippen molar-refractivity contribution in [3.8, 4) is 5.75 Å². The first-order valence-corrected chi connectivity index (χ1v) is 8.39. The van der Waals surface area contributed by atoms with Gasteiger partial charge in [0.2, 0.25) is 5.91 Å². The molecule has 1 heterocycles. The maximum atomic E-state index is 11.7. The van der Waals surface area contributed by atoms with E-state index in [2.05, 4.69) is 10.9 Å². The molecule has 0 aromatic heterocycles. The third-order valence-corrected chi connectivity index (χ3v) is 4.26. The minimum Gasteiger partial charge on any atom is -0.497 e. The van der Waals surface area contributed by atoms with Crippen molar-refractivity contribution in [3.05, 3.63) is 29.8 Å². The first kappa shape index (κ1) is 15.5. The SMILES string of the molecule is COc1cc(/C=C/C2CCC(=O)NN2)cc(S(C)(=O)=O)c1. The van der Waals surface area contributed by atoms with Gasteiger partial charge in [-0.25, -0.2) is 13.8 Å². The first-order valence-electron chi connectivity index (χ1n) is 6.50. The van der Waals surface area contributed by atoms with Crippen LogP contribution in [0, 0.1) is 0 Å². The zero-order valence-electron chi connectivity index (χ0n) is 11.9. The third kappa shape index (κ3) is 4.30. The number of carbonyl (C=O) groups excluding carboxylic acids is 1. The molecule has 1 amide bonds. The first-order chi connectivity index (χ1) is 9.88. The van der Waals surface area contributed by atoms with Crippen molar-refractivity contribution in [2.24, 2.45) is 0 Å².